The predicted molar refractivity (Wildman–Crippen MR) is 87.9 cm³/mol. The summed E-state index contributed by atoms with van der Waals surface area (Å²) in [6, 6.07) is 7.51. The van der Waals surface area contributed by atoms with E-state index < -0.39 is 26.6 Å². The minimum atomic E-state index is -4.02. The molecule has 1 aromatic carbocycles. The van der Waals surface area contributed by atoms with Crippen LogP contribution in [-0.4, -0.2) is 13.4 Å². The van der Waals surface area contributed by atoms with Crippen molar-refractivity contribution in [3.05, 3.63) is 70.6 Å². The number of hydrogen-bond donors (Lipinski definition) is 1. The Balaban J connectivity index is 1.79. The molecule has 0 bridgehead atoms. The zero-order valence-corrected chi connectivity index (χ0v) is 13.9. The molecular weight excluding hydrogens is 354 g/mol. The molecule has 0 saturated carbocycles. The van der Waals surface area contributed by atoms with Gasteiger partial charge >= 0.3 is 0 Å². The van der Waals surface area contributed by atoms with Crippen LogP contribution in [0.25, 0.3) is 11.3 Å². The maximum absolute atomic E-state index is 13.2. The fraction of sp³-hybridized carbons (Fsp3) is 0.0625. The maximum Gasteiger partial charge on any atom is 0.241 e. The second-order valence-corrected chi connectivity index (χ2v) is 7.54. The summed E-state index contributed by atoms with van der Waals surface area (Å²) in [5, 5.41) is 3.86. The SMILES string of the molecule is O=S(=O)(NCc1ccnc(-c2ccsc2)c1)c1cc(F)cc(F)c1. The Morgan fingerprint density at radius 3 is 2.50 bits per heavy atom. The maximum atomic E-state index is 13.2. The van der Waals surface area contributed by atoms with Gasteiger partial charge in [-0.15, -0.1) is 0 Å². The van der Waals surface area contributed by atoms with Crippen molar-refractivity contribution in [2.75, 3.05) is 0 Å². The van der Waals surface area contributed by atoms with Crippen LogP contribution in [0.4, 0.5) is 8.78 Å². The Bertz CT molecular complexity index is 938. The van der Waals surface area contributed by atoms with E-state index in [9.17, 15) is 17.2 Å². The molecule has 0 radical (unpaired) electrons. The first-order chi connectivity index (χ1) is 11.4. The molecule has 0 atom stereocenters. The van der Waals surface area contributed by atoms with Crippen LogP contribution < -0.4 is 4.72 Å². The van der Waals surface area contributed by atoms with Crippen LogP contribution in [0.15, 0.2) is 58.3 Å². The third kappa shape index (κ3) is 3.84. The van der Waals surface area contributed by atoms with Gasteiger partial charge in [0.1, 0.15) is 11.6 Å². The van der Waals surface area contributed by atoms with Gasteiger partial charge in [-0.3, -0.25) is 4.98 Å². The smallest absolute Gasteiger partial charge is 0.241 e. The summed E-state index contributed by atoms with van der Waals surface area (Å²) in [5.74, 6) is -1.89. The second kappa shape index (κ2) is 6.76. The van der Waals surface area contributed by atoms with E-state index in [2.05, 4.69) is 9.71 Å². The fourth-order valence-corrected chi connectivity index (χ4v) is 3.81. The lowest BCUT2D eigenvalue weighted by atomic mass is 10.1. The summed E-state index contributed by atoms with van der Waals surface area (Å²) in [5.41, 5.74) is 2.35. The number of sulfonamides is 1. The zero-order valence-electron chi connectivity index (χ0n) is 12.2. The number of benzene rings is 1. The topological polar surface area (TPSA) is 59.1 Å². The Hall–Kier alpha value is -2.16. The quantitative estimate of drug-likeness (QED) is 0.751. The first-order valence-electron chi connectivity index (χ1n) is 6.87. The summed E-state index contributed by atoms with van der Waals surface area (Å²) >= 11 is 1.54. The normalized spacial score (nSPS) is 11.6. The number of aromatic nitrogens is 1. The van der Waals surface area contributed by atoms with Crippen LogP contribution >= 0.6 is 11.3 Å². The average molecular weight is 366 g/mol. The molecule has 2 heterocycles. The van der Waals surface area contributed by atoms with Gasteiger partial charge in [0.2, 0.25) is 10.0 Å². The van der Waals surface area contributed by atoms with Crippen molar-refractivity contribution in [1.29, 1.82) is 0 Å². The molecule has 1 N–H and O–H groups in total. The van der Waals surface area contributed by atoms with Gasteiger partial charge in [-0.1, -0.05) is 0 Å². The molecule has 2 aromatic heterocycles. The number of halogens is 2. The van der Waals surface area contributed by atoms with Crippen molar-refractivity contribution in [3.8, 4) is 11.3 Å². The van der Waals surface area contributed by atoms with Crippen molar-refractivity contribution in [2.45, 2.75) is 11.4 Å². The highest BCUT2D eigenvalue weighted by Crippen LogP contribution is 2.21. The van der Waals surface area contributed by atoms with E-state index in [4.69, 9.17) is 0 Å². The van der Waals surface area contributed by atoms with Crippen molar-refractivity contribution in [3.63, 3.8) is 0 Å². The van der Waals surface area contributed by atoms with Crippen molar-refractivity contribution in [2.24, 2.45) is 0 Å². The lowest BCUT2D eigenvalue weighted by Gasteiger charge is -2.08. The van der Waals surface area contributed by atoms with Crippen LogP contribution in [0.1, 0.15) is 5.56 Å². The number of hydrogen-bond acceptors (Lipinski definition) is 4. The molecule has 0 amide bonds. The highest BCUT2D eigenvalue weighted by Gasteiger charge is 2.16. The van der Waals surface area contributed by atoms with Crippen LogP contribution in [0.2, 0.25) is 0 Å². The minimum absolute atomic E-state index is 0.0138. The number of thiophene rings is 1. The summed E-state index contributed by atoms with van der Waals surface area (Å²) in [4.78, 5) is 3.79. The monoisotopic (exact) mass is 366 g/mol. The molecule has 4 nitrogen and oxygen atoms in total. The van der Waals surface area contributed by atoms with Crippen molar-refractivity contribution < 1.29 is 17.2 Å². The van der Waals surface area contributed by atoms with Gasteiger partial charge in [-0.25, -0.2) is 21.9 Å². The molecule has 3 rings (SSSR count). The number of nitrogens with one attached hydrogen (secondary N) is 1. The minimum Gasteiger partial charge on any atom is -0.256 e. The van der Waals surface area contributed by atoms with Crippen LogP contribution in [-0.2, 0) is 16.6 Å². The molecule has 124 valence electrons. The van der Waals surface area contributed by atoms with E-state index in [-0.39, 0.29) is 6.54 Å². The number of rotatable bonds is 5. The first-order valence-corrected chi connectivity index (χ1v) is 9.30. The molecular formula is C16H12F2N2O2S2. The molecule has 0 spiro atoms. The van der Waals surface area contributed by atoms with E-state index in [1.54, 1.807) is 18.3 Å². The Kier molecular flexibility index (Phi) is 4.70. The zero-order chi connectivity index (χ0) is 17.2. The van der Waals surface area contributed by atoms with Gasteiger partial charge in [0.15, 0.2) is 0 Å². The molecule has 3 aromatic rings. The van der Waals surface area contributed by atoms with Gasteiger partial charge in [0, 0.05) is 29.8 Å². The van der Waals surface area contributed by atoms with Crippen molar-refractivity contribution >= 4 is 21.4 Å². The standard InChI is InChI=1S/C16H12F2N2O2S2/c17-13-6-14(18)8-15(7-13)24(21,22)20-9-11-1-3-19-16(5-11)12-2-4-23-10-12/h1-8,10,20H,9H2. The van der Waals surface area contributed by atoms with E-state index in [0.29, 0.717) is 11.6 Å². The largest absolute Gasteiger partial charge is 0.256 e. The van der Waals surface area contributed by atoms with Crippen LogP contribution in [0.5, 0.6) is 0 Å². The highest BCUT2D eigenvalue weighted by atomic mass is 32.2. The fourth-order valence-electron chi connectivity index (χ4n) is 2.10. The van der Waals surface area contributed by atoms with Gasteiger partial charge in [-0.05, 0) is 41.3 Å². The van der Waals surface area contributed by atoms with Crippen molar-refractivity contribution in [1.82, 2.24) is 9.71 Å². The lowest BCUT2D eigenvalue weighted by molar-refractivity contribution is 0.561. The average Bonchev–Trinajstić information content (AvgIpc) is 3.07. The summed E-state index contributed by atoms with van der Waals surface area (Å²) in [6.45, 7) is -0.0138. The predicted octanol–water partition coefficient (Wildman–Crippen LogP) is 3.57. The molecule has 0 aliphatic heterocycles. The van der Waals surface area contributed by atoms with Crippen LogP contribution in [0, 0.1) is 11.6 Å². The third-order valence-corrected chi connectivity index (χ3v) is 5.32. The van der Waals surface area contributed by atoms with E-state index in [0.717, 1.165) is 23.4 Å². The molecule has 0 unspecified atom stereocenters. The highest BCUT2D eigenvalue weighted by molar-refractivity contribution is 7.89. The number of nitrogens with zero attached hydrogens (tertiary/aromatic N) is 1. The Morgan fingerprint density at radius 2 is 1.83 bits per heavy atom. The Morgan fingerprint density at radius 1 is 1.08 bits per heavy atom. The van der Waals surface area contributed by atoms with Gasteiger partial charge in [0.25, 0.3) is 0 Å². The summed E-state index contributed by atoms with van der Waals surface area (Å²) < 4.78 is 53.0. The summed E-state index contributed by atoms with van der Waals surface area (Å²) in [6.07, 6.45) is 1.58. The molecule has 0 aliphatic rings. The van der Waals surface area contributed by atoms with Gasteiger partial charge in [0.05, 0.1) is 10.6 Å². The molecule has 0 aliphatic carbocycles. The third-order valence-electron chi connectivity index (χ3n) is 3.25. The lowest BCUT2D eigenvalue weighted by Crippen LogP contribution is -2.23. The Labute approximate surface area is 141 Å². The van der Waals surface area contributed by atoms with E-state index >= 15 is 0 Å². The second-order valence-electron chi connectivity index (χ2n) is 4.99. The van der Waals surface area contributed by atoms with E-state index in [1.807, 2.05) is 16.8 Å². The molecule has 0 fully saturated rings. The number of pyridine rings is 1. The molecule has 8 heteroatoms. The van der Waals surface area contributed by atoms with Gasteiger partial charge in [-0.2, -0.15) is 11.3 Å². The summed E-state index contributed by atoms with van der Waals surface area (Å²) in [7, 11) is -4.02. The van der Waals surface area contributed by atoms with Crippen LogP contribution in [0.3, 0.4) is 0 Å². The van der Waals surface area contributed by atoms with E-state index in [1.165, 1.54) is 11.3 Å². The first kappa shape index (κ1) is 16.7. The molecule has 0 saturated heterocycles. The molecule has 24 heavy (non-hydrogen) atoms. The van der Waals surface area contributed by atoms with Gasteiger partial charge < -0.3 is 0 Å².